The predicted molar refractivity (Wildman–Crippen MR) is 95.7 cm³/mol. The lowest BCUT2D eigenvalue weighted by Crippen LogP contribution is -2.49. The molecule has 2 heterocycles. The third-order valence-corrected chi connectivity index (χ3v) is 7.79. The normalized spacial score (nSPS) is 41.4. The summed E-state index contributed by atoms with van der Waals surface area (Å²) in [5.41, 5.74) is 0. The van der Waals surface area contributed by atoms with E-state index >= 15 is 0 Å². The number of fused-ring (bicyclic) bond motifs is 2. The third kappa shape index (κ3) is 2.46. The molecule has 3 amide bonds. The monoisotopic (exact) mass is 356 g/mol. The van der Waals surface area contributed by atoms with Gasteiger partial charge in [0.2, 0.25) is 17.7 Å². The van der Waals surface area contributed by atoms with E-state index in [9.17, 15) is 14.4 Å². The van der Waals surface area contributed by atoms with E-state index in [1.165, 1.54) is 30.6 Å². The number of nitrogens with zero attached hydrogens (tertiary/aromatic N) is 2. The first-order valence-electron chi connectivity index (χ1n) is 10.4. The van der Waals surface area contributed by atoms with Crippen molar-refractivity contribution in [3.05, 3.63) is 12.2 Å². The Balaban J connectivity index is 1.27. The largest absolute Gasteiger partial charge is 0.341 e. The smallest absolute Gasteiger partial charge is 0.242 e. The van der Waals surface area contributed by atoms with E-state index in [1.54, 1.807) is 0 Å². The van der Waals surface area contributed by atoms with Crippen LogP contribution >= 0.6 is 0 Å². The molecule has 5 heteroatoms. The molecule has 6 rings (SSSR count). The summed E-state index contributed by atoms with van der Waals surface area (Å²) < 4.78 is 0. The first kappa shape index (κ1) is 16.5. The number of piperidine rings is 1. The van der Waals surface area contributed by atoms with E-state index in [-0.39, 0.29) is 47.9 Å². The minimum Gasteiger partial charge on any atom is -0.341 e. The van der Waals surface area contributed by atoms with Crippen molar-refractivity contribution in [3.63, 3.8) is 0 Å². The number of allylic oxidation sites excluding steroid dienone is 2. The molecular formula is C21H28N2O3. The number of rotatable bonds is 2. The minimum absolute atomic E-state index is 0.0327. The average Bonchev–Trinajstić information content (AvgIpc) is 2.95. The summed E-state index contributed by atoms with van der Waals surface area (Å²) in [6.07, 6.45) is 12.4. The van der Waals surface area contributed by atoms with Crippen molar-refractivity contribution in [1.29, 1.82) is 0 Å². The van der Waals surface area contributed by atoms with Crippen LogP contribution in [0.25, 0.3) is 0 Å². The highest BCUT2D eigenvalue weighted by atomic mass is 16.2. The second-order valence-electron chi connectivity index (χ2n) is 9.04. The Labute approximate surface area is 154 Å². The minimum atomic E-state index is -0.205. The fourth-order valence-corrected chi connectivity index (χ4v) is 6.35. The quantitative estimate of drug-likeness (QED) is 0.563. The van der Waals surface area contributed by atoms with Crippen LogP contribution < -0.4 is 0 Å². The zero-order chi connectivity index (χ0) is 17.8. The fraction of sp³-hybridized carbons (Fsp3) is 0.762. The third-order valence-electron chi connectivity index (χ3n) is 7.79. The first-order valence-corrected chi connectivity index (χ1v) is 10.4. The standard InChI is InChI=1S/C21H28N2O3/c24-17(22-10-9-13-3-1-2-4-16(13)11-22)12-23-20(25)18-14-5-6-15(8-7-14)19(18)21(23)26/h5-6,13-16,18-19H,1-4,7-12H2/t13?,14?,15?,16?,18-,19+. The lowest BCUT2D eigenvalue weighted by molar-refractivity contribution is -0.147. The molecule has 0 radical (unpaired) electrons. The molecule has 2 saturated carbocycles. The molecule has 4 aliphatic carbocycles. The molecule has 2 saturated heterocycles. The number of hydrogen-bond acceptors (Lipinski definition) is 3. The molecule has 140 valence electrons. The maximum atomic E-state index is 12.9. The molecule has 2 aliphatic heterocycles. The number of hydrogen-bond donors (Lipinski definition) is 0. The average molecular weight is 356 g/mol. The topological polar surface area (TPSA) is 57.7 Å². The Kier molecular flexibility index (Phi) is 3.94. The van der Waals surface area contributed by atoms with Crippen LogP contribution in [0.15, 0.2) is 12.2 Å². The molecule has 0 aromatic carbocycles. The van der Waals surface area contributed by atoms with Crippen LogP contribution in [0.3, 0.4) is 0 Å². The van der Waals surface area contributed by atoms with Crippen LogP contribution in [0.5, 0.6) is 0 Å². The van der Waals surface area contributed by atoms with Crippen molar-refractivity contribution in [2.75, 3.05) is 19.6 Å². The van der Waals surface area contributed by atoms with Crippen molar-refractivity contribution < 1.29 is 14.4 Å². The highest BCUT2D eigenvalue weighted by Crippen LogP contribution is 2.49. The summed E-state index contributed by atoms with van der Waals surface area (Å²) in [6, 6.07) is 0. The Morgan fingerprint density at radius 2 is 1.50 bits per heavy atom. The molecule has 0 N–H and O–H groups in total. The summed E-state index contributed by atoms with van der Waals surface area (Å²) in [7, 11) is 0. The van der Waals surface area contributed by atoms with Gasteiger partial charge in [-0.15, -0.1) is 0 Å². The van der Waals surface area contributed by atoms with Crippen LogP contribution in [0.1, 0.15) is 44.9 Å². The van der Waals surface area contributed by atoms with Crippen LogP contribution in [0.2, 0.25) is 0 Å². The van der Waals surface area contributed by atoms with Gasteiger partial charge in [0.25, 0.3) is 0 Å². The number of carbonyl (C=O) groups excluding carboxylic acids is 3. The maximum Gasteiger partial charge on any atom is 0.242 e. The van der Waals surface area contributed by atoms with Crippen molar-refractivity contribution in [3.8, 4) is 0 Å². The van der Waals surface area contributed by atoms with Gasteiger partial charge in [0.1, 0.15) is 6.54 Å². The Morgan fingerprint density at radius 1 is 0.885 bits per heavy atom. The summed E-state index contributed by atoms with van der Waals surface area (Å²) in [5.74, 6) is 1.14. The van der Waals surface area contributed by atoms with E-state index in [0.29, 0.717) is 5.92 Å². The van der Waals surface area contributed by atoms with Gasteiger partial charge in [0.05, 0.1) is 11.8 Å². The molecule has 6 aliphatic rings. The number of amides is 3. The maximum absolute atomic E-state index is 12.9. The number of imide groups is 1. The zero-order valence-electron chi connectivity index (χ0n) is 15.3. The van der Waals surface area contributed by atoms with Gasteiger partial charge in [0.15, 0.2) is 0 Å². The highest BCUT2D eigenvalue weighted by molar-refractivity contribution is 6.08. The van der Waals surface area contributed by atoms with Crippen molar-refractivity contribution in [1.82, 2.24) is 9.80 Å². The molecule has 26 heavy (non-hydrogen) atoms. The second-order valence-corrected chi connectivity index (χ2v) is 9.04. The summed E-state index contributed by atoms with van der Waals surface area (Å²) in [6.45, 7) is 1.57. The van der Waals surface area contributed by atoms with Crippen LogP contribution in [0, 0.1) is 35.5 Å². The van der Waals surface area contributed by atoms with Gasteiger partial charge >= 0.3 is 0 Å². The number of carbonyl (C=O) groups is 3. The molecule has 0 spiro atoms. The van der Waals surface area contributed by atoms with Crippen LogP contribution in [0.4, 0.5) is 0 Å². The van der Waals surface area contributed by atoms with E-state index in [2.05, 4.69) is 12.2 Å². The van der Waals surface area contributed by atoms with Gasteiger partial charge < -0.3 is 4.90 Å². The molecule has 2 bridgehead atoms. The lowest BCUT2D eigenvalue weighted by atomic mass is 9.63. The van der Waals surface area contributed by atoms with Gasteiger partial charge in [-0.25, -0.2) is 0 Å². The van der Waals surface area contributed by atoms with Crippen molar-refractivity contribution in [2.45, 2.75) is 44.9 Å². The number of likely N-dealkylation sites (tertiary alicyclic amines) is 2. The first-order chi connectivity index (χ1) is 12.6. The van der Waals surface area contributed by atoms with E-state index < -0.39 is 0 Å². The molecule has 6 atom stereocenters. The van der Waals surface area contributed by atoms with Gasteiger partial charge in [-0.2, -0.15) is 0 Å². The SMILES string of the molecule is O=C(CN1C(=O)[C@@H]2C3C=CC(CC3)[C@@H]2C1=O)N1CCC2CCCCC2C1. The van der Waals surface area contributed by atoms with Gasteiger partial charge in [-0.3, -0.25) is 19.3 Å². The molecule has 0 aromatic rings. The molecule has 5 nitrogen and oxygen atoms in total. The van der Waals surface area contributed by atoms with E-state index in [0.717, 1.165) is 38.3 Å². The van der Waals surface area contributed by atoms with Gasteiger partial charge in [0, 0.05) is 13.1 Å². The lowest BCUT2D eigenvalue weighted by Gasteiger charge is -2.41. The Hall–Kier alpha value is -1.65. The summed E-state index contributed by atoms with van der Waals surface area (Å²) >= 11 is 0. The van der Waals surface area contributed by atoms with Crippen molar-refractivity contribution in [2.24, 2.45) is 35.5 Å². The Bertz CT molecular complexity index is 640. The van der Waals surface area contributed by atoms with Gasteiger partial charge in [-0.05, 0) is 49.4 Å². The van der Waals surface area contributed by atoms with Crippen LogP contribution in [-0.4, -0.2) is 47.2 Å². The molecule has 4 unspecified atom stereocenters. The predicted octanol–water partition coefficient (Wildman–Crippen LogP) is 2.22. The second kappa shape index (κ2) is 6.21. The Morgan fingerprint density at radius 3 is 2.12 bits per heavy atom. The van der Waals surface area contributed by atoms with E-state index in [1.807, 2.05) is 4.90 Å². The molecular weight excluding hydrogens is 328 g/mol. The highest BCUT2D eigenvalue weighted by Gasteiger charge is 2.56. The van der Waals surface area contributed by atoms with E-state index in [4.69, 9.17) is 0 Å². The van der Waals surface area contributed by atoms with Crippen molar-refractivity contribution >= 4 is 17.7 Å². The zero-order valence-corrected chi connectivity index (χ0v) is 15.3. The fourth-order valence-electron chi connectivity index (χ4n) is 6.35. The van der Waals surface area contributed by atoms with Gasteiger partial charge in [-0.1, -0.05) is 31.4 Å². The van der Waals surface area contributed by atoms with Crippen LogP contribution in [-0.2, 0) is 14.4 Å². The summed E-state index contributed by atoms with van der Waals surface area (Å²) in [5, 5.41) is 0. The summed E-state index contributed by atoms with van der Waals surface area (Å²) in [4.78, 5) is 41.9. The molecule has 4 fully saturated rings. The molecule has 0 aromatic heterocycles.